The van der Waals surface area contributed by atoms with Crippen LogP contribution in [0.15, 0.2) is 18.2 Å². The van der Waals surface area contributed by atoms with Gasteiger partial charge in [-0.15, -0.1) is 4.67 Å². The Bertz CT molecular complexity index is 741. The van der Waals surface area contributed by atoms with Crippen LogP contribution in [0.1, 0.15) is 69.6 Å². The van der Waals surface area contributed by atoms with Crippen molar-refractivity contribution in [1.82, 2.24) is 0 Å². The molecule has 0 heterocycles. The Morgan fingerprint density at radius 1 is 1.17 bits per heavy atom. The van der Waals surface area contributed by atoms with Crippen molar-refractivity contribution in [3.63, 3.8) is 0 Å². The number of carbonyl (C=O) groups is 1. The van der Waals surface area contributed by atoms with E-state index < -0.39 is 25.5 Å². The predicted molar refractivity (Wildman–Crippen MR) is 111 cm³/mol. The summed E-state index contributed by atoms with van der Waals surface area (Å²) in [6, 6.07) is 6.34. The van der Waals surface area contributed by atoms with Gasteiger partial charge in [-0.05, 0) is 34.9 Å². The van der Waals surface area contributed by atoms with Crippen molar-refractivity contribution < 1.29 is 33.4 Å². The predicted octanol–water partition coefficient (Wildman–Crippen LogP) is 3.17. The third-order valence-corrected chi connectivity index (χ3v) is 6.69. The summed E-state index contributed by atoms with van der Waals surface area (Å²) < 4.78 is 17.5. The van der Waals surface area contributed by atoms with Gasteiger partial charge in [0.25, 0.3) is 0 Å². The van der Waals surface area contributed by atoms with E-state index >= 15 is 0 Å². The largest absolute Gasteiger partial charge is 0.549 e. The highest BCUT2D eigenvalue weighted by molar-refractivity contribution is 7.54. The van der Waals surface area contributed by atoms with Gasteiger partial charge in [0.1, 0.15) is 5.66 Å². The van der Waals surface area contributed by atoms with Gasteiger partial charge in [0, 0.05) is 0 Å². The Balaban J connectivity index is 3.13. The van der Waals surface area contributed by atoms with Crippen LogP contribution in [0.5, 0.6) is 0 Å². The number of aliphatic carboxylic acids is 1. The molecule has 0 fully saturated rings. The third kappa shape index (κ3) is 7.19. The Kier molecular flexibility index (Phi) is 9.06. The fourth-order valence-corrected chi connectivity index (χ4v) is 4.07. The number of nitrogens with zero attached hydrogens (tertiary/aromatic N) is 1. The SMILES string of the molecule is CCC(C(=O)[O-])P(=O)(O)OOC(Cc1ccc(C(C)C)cc1C(C)C)[N+](C)(C)C. The van der Waals surface area contributed by atoms with Crippen LogP contribution in [0.4, 0.5) is 0 Å². The molecule has 0 saturated carbocycles. The number of carboxylic acid groups (broad SMARTS) is 1. The molecule has 1 rings (SSSR count). The molecule has 1 aromatic rings. The molecule has 1 N–H and O–H groups in total. The number of benzene rings is 1. The molecular weight excluding hydrogens is 393 g/mol. The number of rotatable bonds is 11. The number of quaternary nitrogens is 1. The summed E-state index contributed by atoms with van der Waals surface area (Å²) in [7, 11) is 1.10. The van der Waals surface area contributed by atoms with Gasteiger partial charge < -0.3 is 19.3 Å². The van der Waals surface area contributed by atoms with E-state index in [1.54, 1.807) is 0 Å². The van der Waals surface area contributed by atoms with Crippen LogP contribution in [0.2, 0.25) is 0 Å². The molecule has 3 atom stereocenters. The van der Waals surface area contributed by atoms with E-state index in [0.717, 1.165) is 5.56 Å². The zero-order valence-electron chi connectivity index (χ0n) is 18.8. The van der Waals surface area contributed by atoms with Gasteiger partial charge >= 0.3 is 7.60 Å². The van der Waals surface area contributed by atoms with Crippen LogP contribution >= 0.6 is 7.60 Å². The Hall–Kier alpha value is -1.24. The summed E-state index contributed by atoms with van der Waals surface area (Å²) in [5, 5.41) is 11.1. The topological polar surface area (TPSA) is 95.9 Å². The lowest BCUT2D eigenvalue weighted by molar-refractivity contribution is -0.928. The van der Waals surface area contributed by atoms with Crippen LogP contribution in [-0.2, 0) is 25.3 Å². The standard InChI is InChI=1S/C21H36NO6P/c1-9-19(21(23)24)29(25,26)28-27-20(22(6,7)8)13-17-11-10-16(14(2)3)12-18(17)15(4)5/h10-12,14-15,19-20H,9,13H2,1-8H3,(H-,23,24,25,26). The van der Waals surface area contributed by atoms with E-state index in [1.807, 2.05) is 21.1 Å². The fourth-order valence-electron chi connectivity index (χ4n) is 3.01. The molecule has 0 aliphatic heterocycles. The van der Waals surface area contributed by atoms with E-state index in [1.165, 1.54) is 18.1 Å². The van der Waals surface area contributed by atoms with E-state index in [4.69, 9.17) is 9.56 Å². The normalized spacial score (nSPS) is 16.7. The maximum absolute atomic E-state index is 12.3. The van der Waals surface area contributed by atoms with E-state index in [0.29, 0.717) is 22.7 Å². The highest BCUT2D eigenvalue weighted by Crippen LogP contribution is 2.49. The van der Waals surface area contributed by atoms with Crippen molar-refractivity contribution in [2.24, 2.45) is 0 Å². The second kappa shape index (κ2) is 10.2. The van der Waals surface area contributed by atoms with Crippen LogP contribution in [0, 0.1) is 0 Å². The van der Waals surface area contributed by atoms with Crippen LogP contribution in [0.25, 0.3) is 0 Å². The minimum atomic E-state index is -4.53. The molecule has 8 heteroatoms. The van der Waals surface area contributed by atoms with Crippen molar-refractivity contribution in [1.29, 1.82) is 0 Å². The summed E-state index contributed by atoms with van der Waals surface area (Å²) >= 11 is 0. The summed E-state index contributed by atoms with van der Waals surface area (Å²) in [5.74, 6) is -0.925. The van der Waals surface area contributed by atoms with Crippen LogP contribution in [-0.4, -0.2) is 48.4 Å². The molecule has 166 valence electrons. The van der Waals surface area contributed by atoms with Gasteiger partial charge in [0.15, 0.2) is 0 Å². The lowest BCUT2D eigenvalue weighted by atomic mass is 9.90. The van der Waals surface area contributed by atoms with E-state index in [-0.39, 0.29) is 6.42 Å². The molecule has 1 aromatic carbocycles. The highest BCUT2D eigenvalue weighted by atomic mass is 31.2. The minimum Gasteiger partial charge on any atom is -0.549 e. The van der Waals surface area contributed by atoms with Crippen molar-refractivity contribution >= 4 is 13.6 Å². The molecule has 0 saturated heterocycles. The second-order valence-corrected chi connectivity index (χ2v) is 10.9. The lowest BCUT2D eigenvalue weighted by Crippen LogP contribution is -2.48. The van der Waals surface area contributed by atoms with Crippen LogP contribution < -0.4 is 5.11 Å². The average Bonchev–Trinajstić information content (AvgIpc) is 2.57. The average molecular weight is 429 g/mol. The highest BCUT2D eigenvalue weighted by Gasteiger charge is 2.37. The molecule has 0 aromatic heterocycles. The maximum atomic E-state index is 12.3. The molecule has 0 radical (unpaired) electrons. The minimum absolute atomic E-state index is 0.0946. The Morgan fingerprint density at radius 2 is 1.76 bits per heavy atom. The van der Waals surface area contributed by atoms with Crippen LogP contribution in [0.3, 0.4) is 0 Å². The first-order valence-corrected chi connectivity index (χ1v) is 11.7. The molecule has 0 amide bonds. The first-order valence-electron chi connectivity index (χ1n) is 10.0. The molecule has 0 aliphatic rings. The van der Waals surface area contributed by atoms with Gasteiger partial charge in [-0.25, -0.2) is 0 Å². The summed E-state index contributed by atoms with van der Waals surface area (Å²) in [6.45, 7) is 10.0. The summed E-state index contributed by atoms with van der Waals surface area (Å²) in [5.41, 5.74) is 1.86. The number of carbonyl (C=O) groups excluding carboxylic acids is 1. The number of carboxylic acids is 1. The van der Waals surface area contributed by atoms with Crippen molar-refractivity contribution in [3.05, 3.63) is 34.9 Å². The first-order chi connectivity index (χ1) is 13.2. The summed E-state index contributed by atoms with van der Waals surface area (Å²) in [6.07, 6.45) is -0.266. The van der Waals surface area contributed by atoms with Crippen molar-refractivity contribution in [3.8, 4) is 0 Å². The number of hydrogen-bond donors (Lipinski definition) is 1. The van der Waals surface area contributed by atoms with Crippen molar-refractivity contribution in [2.45, 2.75) is 71.2 Å². The monoisotopic (exact) mass is 429 g/mol. The smallest absolute Gasteiger partial charge is 0.364 e. The Morgan fingerprint density at radius 3 is 2.17 bits per heavy atom. The van der Waals surface area contributed by atoms with Gasteiger partial charge in [-0.2, -0.15) is 4.89 Å². The summed E-state index contributed by atoms with van der Waals surface area (Å²) in [4.78, 5) is 26.6. The van der Waals surface area contributed by atoms with E-state index in [2.05, 4.69) is 45.9 Å². The quantitative estimate of drug-likeness (QED) is 0.191. The zero-order valence-corrected chi connectivity index (χ0v) is 19.7. The fraction of sp³-hybridized carbons (Fsp3) is 0.667. The third-order valence-electron chi connectivity index (χ3n) is 5.03. The first kappa shape index (κ1) is 25.8. The van der Waals surface area contributed by atoms with Gasteiger partial charge in [-0.1, -0.05) is 52.8 Å². The molecule has 29 heavy (non-hydrogen) atoms. The molecular formula is C21H36NO6P. The van der Waals surface area contributed by atoms with Gasteiger partial charge in [0.05, 0.1) is 33.5 Å². The van der Waals surface area contributed by atoms with Crippen molar-refractivity contribution in [2.75, 3.05) is 21.1 Å². The molecule has 0 aliphatic carbocycles. The zero-order chi connectivity index (χ0) is 22.6. The second-order valence-electron chi connectivity index (χ2n) is 9.02. The number of hydrogen-bond acceptors (Lipinski definition) is 5. The Labute approximate surface area is 174 Å². The number of likely N-dealkylation sites (N-methyl/N-ethyl adjacent to an activating group) is 1. The maximum Gasteiger partial charge on any atom is 0.364 e. The lowest BCUT2D eigenvalue weighted by Gasteiger charge is -2.34. The molecule has 3 unspecified atom stereocenters. The van der Waals surface area contributed by atoms with Gasteiger partial charge in [-0.3, -0.25) is 4.57 Å². The van der Waals surface area contributed by atoms with E-state index in [9.17, 15) is 19.4 Å². The molecule has 0 bridgehead atoms. The van der Waals surface area contributed by atoms with Gasteiger partial charge in [0.2, 0.25) is 6.23 Å². The molecule has 0 spiro atoms. The molecule has 7 nitrogen and oxygen atoms in total.